The monoisotopic (exact) mass is 274 g/mol. The molecule has 0 aromatic carbocycles. The van der Waals surface area contributed by atoms with Gasteiger partial charge >= 0.3 is 0 Å². The third kappa shape index (κ3) is 2.94. The van der Waals surface area contributed by atoms with Crippen LogP contribution in [0.25, 0.3) is 10.6 Å². The van der Waals surface area contributed by atoms with Gasteiger partial charge in [-0.2, -0.15) is 0 Å². The Morgan fingerprint density at radius 3 is 2.95 bits per heavy atom. The summed E-state index contributed by atoms with van der Waals surface area (Å²) in [4.78, 5) is 5.44. The van der Waals surface area contributed by atoms with E-state index >= 15 is 0 Å². The van der Waals surface area contributed by atoms with Gasteiger partial charge in [0.05, 0.1) is 17.7 Å². The number of rotatable bonds is 5. The number of hydrogen-bond acceptors (Lipinski definition) is 5. The van der Waals surface area contributed by atoms with Crippen molar-refractivity contribution in [2.24, 2.45) is 0 Å². The number of nitrogens with zero attached hydrogens (tertiary/aromatic N) is 1. The quantitative estimate of drug-likeness (QED) is 0.772. The largest absolute Gasteiger partial charge is 0.468 e. The number of aromatic nitrogens is 1. The third-order valence-electron chi connectivity index (χ3n) is 2.69. The topological polar surface area (TPSA) is 51.2 Å². The van der Waals surface area contributed by atoms with E-state index in [1.807, 2.05) is 37.4 Å². The van der Waals surface area contributed by atoms with Gasteiger partial charge in [0, 0.05) is 12.7 Å². The molecule has 0 radical (unpaired) electrons. The van der Waals surface area contributed by atoms with Gasteiger partial charge in [-0.15, -0.1) is 11.3 Å². The second-order valence-corrected chi connectivity index (χ2v) is 5.33. The van der Waals surface area contributed by atoms with Gasteiger partial charge in [0.1, 0.15) is 22.3 Å². The van der Waals surface area contributed by atoms with Crippen molar-refractivity contribution in [1.82, 2.24) is 10.3 Å². The standard InChI is InChI=1S/C14H14N2O2S/c1-10-4-5-12(18-10)13-8-16-14(19-13)9-15-7-11-3-2-6-17-11/h2-6,8,15H,7,9H2,1H3. The molecule has 0 aliphatic heterocycles. The zero-order chi connectivity index (χ0) is 13.1. The molecule has 0 aliphatic carbocycles. The number of hydrogen-bond donors (Lipinski definition) is 1. The molecule has 1 N–H and O–H groups in total. The lowest BCUT2D eigenvalue weighted by Gasteiger charge is -1.98. The van der Waals surface area contributed by atoms with Gasteiger partial charge < -0.3 is 14.2 Å². The second-order valence-electron chi connectivity index (χ2n) is 4.21. The molecule has 19 heavy (non-hydrogen) atoms. The van der Waals surface area contributed by atoms with Crippen LogP contribution in [-0.4, -0.2) is 4.98 Å². The molecule has 0 spiro atoms. The molecule has 0 bridgehead atoms. The zero-order valence-corrected chi connectivity index (χ0v) is 11.4. The molecular weight excluding hydrogens is 260 g/mol. The molecule has 0 amide bonds. The summed E-state index contributed by atoms with van der Waals surface area (Å²) < 4.78 is 10.8. The van der Waals surface area contributed by atoms with E-state index in [4.69, 9.17) is 8.83 Å². The summed E-state index contributed by atoms with van der Waals surface area (Å²) in [6.45, 7) is 3.38. The van der Waals surface area contributed by atoms with Gasteiger partial charge in [0.25, 0.3) is 0 Å². The highest BCUT2D eigenvalue weighted by Crippen LogP contribution is 2.27. The molecule has 4 nitrogen and oxygen atoms in total. The van der Waals surface area contributed by atoms with Gasteiger partial charge in [-0.1, -0.05) is 0 Å². The van der Waals surface area contributed by atoms with Crippen molar-refractivity contribution < 1.29 is 8.83 Å². The normalized spacial score (nSPS) is 11.0. The molecule has 5 heteroatoms. The highest BCUT2D eigenvalue weighted by molar-refractivity contribution is 7.15. The lowest BCUT2D eigenvalue weighted by Crippen LogP contribution is -2.11. The van der Waals surface area contributed by atoms with Crippen LogP contribution in [0.5, 0.6) is 0 Å². The van der Waals surface area contributed by atoms with Gasteiger partial charge in [-0.05, 0) is 31.2 Å². The van der Waals surface area contributed by atoms with Gasteiger partial charge in [0.15, 0.2) is 0 Å². The van der Waals surface area contributed by atoms with Crippen molar-refractivity contribution in [2.75, 3.05) is 0 Å². The first-order valence-electron chi connectivity index (χ1n) is 6.06. The predicted octanol–water partition coefficient (Wildman–Crippen LogP) is 3.59. The molecule has 0 atom stereocenters. The van der Waals surface area contributed by atoms with E-state index in [0.29, 0.717) is 6.54 Å². The van der Waals surface area contributed by atoms with Gasteiger partial charge in [0.2, 0.25) is 0 Å². The van der Waals surface area contributed by atoms with E-state index in [1.54, 1.807) is 17.6 Å². The van der Waals surface area contributed by atoms with E-state index in [2.05, 4.69) is 10.3 Å². The summed E-state index contributed by atoms with van der Waals surface area (Å²) in [5, 5.41) is 4.34. The lowest BCUT2D eigenvalue weighted by molar-refractivity contribution is 0.483. The van der Waals surface area contributed by atoms with E-state index in [-0.39, 0.29) is 0 Å². The minimum absolute atomic E-state index is 0.710. The first-order chi connectivity index (χ1) is 9.31. The summed E-state index contributed by atoms with van der Waals surface area (Å²) in [5.74, 6) is 2.73. The third-order valence-corrected chi connectivity index (χ3v) is 3.70. The molecule has 98 valence electrons. The van der Waals surface area contributed by atoms with Crippen LogP contribution in [0.15, 0.2) is 45.6 Å². The summed E-state index contributed by atoms with van der Waals surface area (Å²) >= 11 is 1.64. The second kappa shape index (κ2) is 5.42. The maximum absolute atomic E-state index is 5.58. The average Bonchev–Trinajstić information content (AvgIpc) is 3.09. The molecule has 0 saturated carbocycles. The first-order valence-corrected chi connectivity index (χ1v) is 6.87. The minimum atomic E-state index is 0.710. The molecule has 3 rings (SSSR count). The molecule has 0 aliphatic rings. The summed E-state index contributed by atoms with van der Waals surface area (Å²) in [6.07, 6.45) is 3.53. The maximum Gasteiger partial charge on any atom is 0.145 e. The van der Waals surface area contributed by atoms with Crippen LogP contribution in [-0.2, 0) is 13.1 Å². The van der Waals surface area contributed by atoms with Crippen LogP contribution in [0, 0.1) is 6.92 Å². The first kappa shape index (κ1) is 12.2. The molecule has 3 aromatic rings. The Kier molecular flexibility index (Phi) is 3.48. The fourth-order valence-corrected chi connectivity index (χ4v) is 2.63. The van der Waals surface area contributed by atoms with Crippen LogP contribution >= 0.6 is 11.3 Å². The highest BCUT2D eigenvalue weighted by atomic mass is 32.1. The van der Waals surface area contributed by atoms with Crippen LogP contribution < -0.4 is 5.32 Å². The van der Waals surface area contributed by atoms with Crippen molar-refractivity contribution in [3.05, 3.63) is 53.3 Å². The minimum Gasteiger partial charge on any atom is -0.468 e. The number of aryl methyl sites for hydroxylation is 1. The Morgan fingerprint density at radius 1 is 1.26 bits per heavy atom. The molecule has 0 saturated heterocycles. The Bertz CT molecular complexity index is 640. The number of furan rings is 2. The smallest absolute Gasteiger partial charge is 0.145 e. The molecule has 0 unspecified atom stereocenters. The zero-order valence-electron chi connectivity index (χ0n) is 10.6. The Hall–Kier alpha value is -1.85. The van der Waals surface area contributed by atoms with E-state index in [9.17, 15) is 0 Å². The Morgan fingerprint density at radius 2 is 2.21 bits per heavy atom. The van der Waals surface area contributed by atoms with Crippen LogP contribution in [0.2, 0.25) is 0 Å². The van der Waals surface area contributed by atoms with Crippen molar-refractivity contribution in [3.8, 4) is 10.6 Å². The summed E-state index contributed by atoms with van der Waals surface area (Å²) in [6, 6.07) is 7.77. The number of thiazole rings is 1. The number of nitrogens with one attached hydrogen (secondary N) is 1. The van der Waals surface area contributed by atoms with E-state index in [0.717, 1.165) is 33.7 Å². The van der Waals surface area contributed by atoms with Gasteiger partial charge in [-0.3, -0.25) is 0 Å². The maximum atomic E-state index is 5.58. The van der Waals surface area contributed by atoms with Crippen molar-refractivity contribution in [3.63, 3.8) is 0 Å². The Labute approximate surface area is 115 Å². The van der Waals surface area contributed by atoms with E-state index < -0.39 is 0 Å². The summed E-state index contributed by atoms with van der Waals surface area (Å²) in [7, 11) is 0. The average molecular weight is 274 g/mol. The fraction of sp³-hybridized carbons (Fsp3) is 0.214. The van der Waals surface area contributed by atoms with Crippen molar-refractivity contribution >= 4 is 11.3 Å². The molecule has 3 aromatic heterocycles. The predicted molar refractivity (Wildman–Crippen MR) is 73.8 cm³/mol. The van der Waals surface area contributed by atoms with Crippen LogP contribution in [0.4, 0.5) is 0 Å². The lowest BCUT2D eigenvalue weighted by atomic mass is 10.4. The molecule has 0 fully saturated rings. The van der Waals surface area contributed by atoms with Crippen LogP contribution in [0.1, 0.15) is 16.5 Å². The molecule has 3 heterocycles. The summed E-state index contributed by atoms with van der Waals surface area (Å²) in [5.41, 5.74) is 0. The fourth-order valence-electron chi connectivity index (χ4n) is 1.78. The Balaban J connectivity index is 1.59. The van der Waals surface area contributed by atoms with Gasteiger partial charge in [-0.25, -0.2) is 4.98 Å². The van der Waals surface area contributed by atoms with Crippen molar-refractivity contribution in [1.29, 1.82) is 0 Å². The highest BCUT2D eigenvalue weighted by Gasteiger charge is 2.07. The molecular formula is C14H14N2O2S. The SMILES string of the molecule is Cc1ccc(-c2cnc(CNCc3ccco3)s2)o1. The van der Waals surface area contributed by atoms with E-state index in [1.165, 1.54) is 0 Å². The van der Waals surface area contributed by atoms with Crippen molar-refractivity contribution in [2.45, 2.75) is 20.0 Å². The van der Waals surface area contributed by atoms with Crippen LogP contribution in [0.3, 0.4) is 0 Å².